The number of aliphatic hydroxyl groups is 1. The van der Waals surface area contributed by atoms with Gasteiger partial charge in [-0.05, 0) is 55.7 Å². The summed E-state index contributed by atoms with van der Waals surface area (Å²) in [6.07, 6.45) is 2.98. The van der Waals surface area contributed by atoms with Crippen LogP contribution in [0.1, 0.15) is 41.4 Å². The lowest BCUT2D eigenvalue weighted by Crippen LogP contribution is -2.32. The number of benzene rings is 1. The highest BCUT2D eigenvalue weighted by atomic mass is 16.3. The molecule has 0 saturated carbocycles. The molecule has 1 aromatic heterocycles. The summed E-state index contributed by atoms with van der Waals surface area (Å²) in [6.45, 7) is 8.26. The molecule has 3 rings (SSSR count). The van der Waals surface area contributed by atoms with Crippen LogP contribution in [0.2, 0.25) is 0 Å². The van der Waals surface area contributed by atoms with E-state index in [0.29, 0.717) is 12.5 Å². The predicted molar refractivity (Wildman–Crippen MR) is 102 cm³/mol. The maximum atomic E-state index is 12.7. The minimum Gasteiger partial charge on any atom is -0.392 e. The second-order valence-electron chi connectivity index (χ2n) is 7.33. The molecule has 2 aromatic rings. The Morgan fingerprint density at radius 2 is 1.92 bits per heavy atom. The quantitative estimate of drug-likeness (QED) is 0.867. The van der Waals surface area contributed by atoms with Crippen molar-refractivity contribution in [3.63, 3.8) is 0 Å². The lowest BCUT2D eigenvalue weighted by molar-refractivity contribution is -0.131. The fourth-order valence-electron chi connectivity index (χ4n) is 3.97. The molecule has 1 saturated heterocycles. The van der Waals surface area contributed by atoms with Gasteiger partial charge < -0.3 is 10.0 Å². The Bertz CT molecular complexity index is 764. The van der Waals surface area contributed by atoms with Gasteiger partial charge in [-0.1, -0.05) is 31.2 Å². The number of amides is 1. The number of likely N-dealkylation sites (tertiary alicyclic amines) is 1. The van der Waals surface area contributed by atoms with Crippen LogP contribution in [0.5, 0.6) is 0 Å². The molecule has 5 heteroatoms. The fourth-order valence-corrected chi connectivity index (χ4v) is 3.97. The van der Waals surface area contributed by atoms with E-state index in [2.05, 4.69) is 31.1 Å². The van der Waals surface area contributed by atoms with Gasteiger partial charge in [0.2, 0.25) is 5.91 Å². The maximum Gasteiger partial charge on any atom is 0.244 e. The van der Waals surface area contributed by atoms with Gasteiger partial charge >= 0.3 is 0 Å². The van der Waals surface area contributed by atoms with Crippen molar-refractivity contribution in [2.75, 3.05) is 13.1 Å². The summed E-state index contributed by atoms with van der Waals surface area (Å²) in [6, 6.07) is 8.11. The van der Waals surface area contributed by atoms with E-state index in [-0.39, 0.29) is 12.5 Å². The summed E-state index contributed by atoms with van der Waals surface area (Å²) in [5, 5.41) is 13.7. The van der Waals surface area contributed by atoms with Crippen LogP contribution in [0.15, 0.2) is 24.3 Å². The zero-order valence-electron chi connectivity index (χ0n) is 16.0. The molecule has 0 aliphatic carbocycles. The van der Waals surface area contributed by atoms with Crippen molar-refractivity contribution >= 4 is 5.91 Å². The minimum absolute atomic E-state index is 0.0814. The van der Waals surface area contributed by atoms with Crippen LogP contribution in [-0.2, 0) is 30.8 Å². The molecular formula is C21H29N3O2. The Labute approximate surface area is 155 Å². The van der Waals surface area contributed by atoms with Gasteiger partial charge in [0.25, 0.3) is 0 Å². The van der Waals surface area contributed by atoms with Gasteiger partial charge in [-0.25, -0.2) is 0 Å². The molecule has 1 fully saturated rings. The van der Waals surface area contributed by atoms with E-state index in [0.717, 1.165) is 49.3 Å². The Kier molecular flexibility index (Phi) is 5.77. The zero-order valence-corrected chi connectivity index (χ0v) is 16.0. The molecule has 1 aromatic carbocycles. The topological polar surface area (TPSA) is 58.4 Å². The Morgan fingerprint density at radius 1 is 1.23 bits per heavy atom. The second-order valence-corrected chi connectivity index (χ2v) is 7.33. The number of rotatable bonds is 6. The van der Waals surface area contributed by atoms with E-state index in [1.54, 1.807) is 0 Å². The normalized spacial score (nSPS) is 17.1. The van der Waals surface area contributed by atoms with Gasteiger partial charge in [0.15, 0.2) is 0 Å². The first kappa shape index (κ1) is 18.6. The van der Waals surface area contributed by atoms with Crippen LogP contribution in [-0.4, -0.2) is 38.8 Å². The second kappa shape index (κ2) is 8.04. The first-order valence-electron chi connectivity index (χ1n) is 9.51. The molecule has 26 heavy (non-hydrogen) atoms. The molecule has 0 radical (unpaired) electrons. The zero-order chi connectivity index (χ0) is 18.7. The van der Waals surface area contributed by atoms with Crippen molar-refractivity contribution in [1.82, 2.24) is 14.7 Å². The third-order valence-electron chi connectivity index (χ3n) is 5.54. The van der Waals surface area contributed by atoms with E-state index < -0.39 is 0 Å². The van der Waals surface area contributed by atoms with E-state index in [9.17, 15) is 4.79 Å². The highest BCUT2D eigenvalue weighted by Crippen LogP contribution is 2.22. The van der Waals surface area contributed by atoms with Crippen molar-refractivity contribution in [2.45, 2.75) is 53.2 Å². The molecule has 5 nitrogen and oxygen atoms in total. The number of carbonyl (C=O) groups is 1. The van der Waals surface area contributed by atoms with Gasteiger partial charge in [-0.3, -0.25) is 9.48 Å². The van der Waals surface area contributed by atoms with Crippen LogP contribution in [0, 0.1) is 19.8 Å². The van der Waals surface area contributed by atoms with Gasteiger partial charge in [0.05, 0.1) is 12.3 Å². The standard InChI is InChI=1S/C21H29N3O2/c1-4-20-15(2)22-24(16(20)3)13-21(26)23-10-9-19(12-23)11-17-5-7-18(14-25)8-6-17/h5-8,19,25H,4,9-14H2,1-3H3. The van der Waals surface area contributed by atoms with E-state index in [1.807, 2.05) is 28.6 Å². The average molecular weight is 355 g/mol. The number of aliphatic hydroxyl groups excluding tert-OH is 1. The molecule has 1 aliphatic rings. The fraction of sp³-hybridized carbons (Fsp3) is 0.524. The maximum absolute atomic E-state index is 12.7. The Balaban J connectivity index is 1.57. The van der Waals surface area contributed by atoms with Crippen molar-refractivity contribution in [2.24, 2.45) is 5.92 Å². The molecule has 1 unspecified atom stereocenters. The lowest BCUT2D eigenvalue weighted by atomic mass is 9.98. The van der Waals surface area contributed by atoms with Crippen molar-refractivity contribution in [3.8, 4) is 0 Å². The third-order valence-corrected chi connectivity index (χ3v) is 5.54. The first-order valence-corrected chi connectivity index (χ1v) is 9.51. The van der Waals surface area contributed by atoms with E-state index >= 15 is 0 Å². The van der Waals surface area contributed by atoms with Crippen LogP contribution in [0.25, 0.3) is 0 Å². The molecule has 140 valence electrons. The molecule has 1 amide bonds. The van der Waals surface area contributed by atoms with Gasteiger partial charge in [0, 0.05) is 18.8 Å². The number of carbonyl (C=O) groups excluding carboxylic acids is 1. The van der Waals surface area contributed by atoms with Crippen LogP contribution >= 0.6 is 0 Å². The van der Waals surface area contributed by atoms with Crippen molar-refractivity contribution < 1.29 is 9.90 Å². The largest absolute Gasteiger partial charge is 0.392 e. The minimum atomic E-state index is 0.0814. The molecule has 2 heterocycles. The number of hydrogen-bond donors (Lipinski definition) is 1. The average Bonchev–Trinajstić information content (AvgIpc) is 3.20. The summed E-state index contributed by atoms with van der Waals surface area (Å²) in [5.41, 5.74) is 5.60. The summed E-state index contributed by atoms with van der Waals surface area (Å²) in [4.78, 5) is 14.7. The highest BCUT2D eigenvalue weighted by molar-refractivity contribution is 5.76. The highest BCUT2D eigenvalue weighted by Gasteiger charge is 2.27. The lowest BCUT2D eigenvalue weighted by Gasteiger charge is -2.17. The predicted octanol–water partition coefficient (Wildman–Crippen LogP) is 2.65. The smallest absolute Gasteiger partial charge is 0.244 e. The van der Waals surface area contributed by atoms with Crippen LogP contribution < -0.4 is 0 Å². The summed E-state index contributed by atoms with van der Waals surface area (Å²) in [5.74, 6) is 0.668. The third kappa shape index (κ3) is 3.98. The molecule has 1 aliphatic heterocycles. The van der Waals surface area contributed by atoms with E-state index in [4.69, 9.17) is 5.11 Å². The Hall–Kier alpha value is -2.14. The van der Waals surface area contributed by atoms with Crippen molar-refractivity contribution in [3.05, 3.63) is 52.3 Å². The number of nitrogens with zero attached hydrogens (tertiary/aromatic N) is 3. The van der Waals surface area contributed by atoms with Crippen molar-refractivity contribution in [1.29, 1.82) is 0 Å². The van der Waals surface area contributed by atoms with Crippen LogP contribution in [0.3, 0.4) is 0 Å². The van der Waals surface area contributed by atoms with Gasteiger partial charge in [-0.15, -0.1) is 0 Å². The summed E-state index contributed by atoms with van der Waals surface area (Å²) >= 11 is 0. The number of aromatic nitrogens is 2. The molecule has 0 spiro atoms. The first-order chi connectivity index (χ1) is 12.5. The van der Waals surface area contributed by atoms with Gasteiger partial charge in [0.1, 0.15) is 6.54 Å². The monoisotopic (exact) mass is 355 g/mol. The molecular weight excluding hydrogens is 326 g/mol. The van der Waals surface area contributed by atoms with E-state index in [1.165, 1.54) is 11.1 Å². The SMILES string of the molecule is CCc1c(C)nn(CC(=O)N2CCC(Cc3ccc(CO)cc3)C2)c1C. The number of aryl methyl sites for hydroxylation is 1. The van der Waals surface area contributed by atoms with Crippen LogP contribution in [0.4, 0.5) is 0 Å². The summed E-state index contributed by atoms with van der Waals surface area (Å²) in [7, 11) is 0. The van der Waals surface area contributed by atoms with Gasteiger partial charge in [-0.2, -0.15) is 5.10 Å². The molecule has 1 atom stereocenters. The summed E-state index contributed by atoms with van der Waals surface area (Å²) < 4.78 is 1.86. The Morgan fingerprint density at radius 3 is 2.54 bits per heavy atom. The molecule has 1 N–H and O–H groups in total. The molecule has 0 bridgehead atoms. The number of hydrogen-bond acceptors (Lipinski definition) is 3.